The zero-order chi connectivity index (χ0) is 10.1. The van der Waals surface area contributed by atoms with E-state index in [0.29, 0.717) is 5.02 Å². The number of carbonyl (C=O) groups excluding carboxylic acids is 1. The monoisotopic (exact) mass is 212 g/mol. The summed E-state index contributed by atoms with van der Waals surface area (Å²) in [5, 5.41) is 0.670. The number of methoxy groups -OCH3 is 1. The molecule has 2 atom stereocenters. The zero-order valence-electron chi connectivity index (χ0n) is 7.57. The Balaban J connectivity index is 2.06. The van der Waals surface area contributed by atoms with Crippen LogP contribution in [0.2, 0.25) is 5.02 Å². The van der Waals surface area contributed by atoms with Crippen LogP contribution in [0.25, 0.3) is 0 Å². The van der Waals surface area contributed by atoms with Gasteiger partial charge >= 0.3 is 5.97 Å². The minimum absolute atomic E-state index is 0.167. The second kappa shape index (κ2) is 3.59. The summed E-state index contributed by atoms with van der Waals surface area (Å²) in [4.78, 5) is 11.1. The van der Waals surface area contributed by atoms with E-state index in [4.69, 9.17) is 16.3 Å². The van der Waals surface area contributed by atoms with Crippen LogP contribution in [0, 0.1) is 0 Å². The fraction of sp³-hybridized carbons (Fsp3) is 0.300. The molecule has 1 fully saturated rings. The van der Waals surface area contributed by atoms with Crippen LogP contribution in [-0.2, 0) is 14.3 Å². The number of hydrogen-bond donors (Lipinski definition) is 0. The van der Waals surface area contributed by atoms with Crippen molar-refractivity contribution in [2.75, 3.05) is 7.11 Å². The molecule has 1 aromatic rings. The number of carbonyl (C=O) groups is 1. The van der Waals surface area contributed by atoms with Gasteiger partial charge in [0.2, 0.25) is 0 Å². The summed E-state index contributed by atoms with van der Waals surface area (Å²) in [5.74, 6) is -0.329. The minimum Gasteiger partial charge on any atom is -0.467 e. The van der Waals surface area contributed by atoms with E-state index < -0.39 is 6.10 Å². The molecule has 1 aliphatic heterocycles. The van der Waals surface area contributed by atoms with E-state index in [1.54, 1.807) is 12.1 Å². The van der Waals surface area contributed by atoms with Gasteiger partial charge in [0.25, 0.3) is 0 Å². The topological polar surface area (TPSA) is 38.8 Å². The Morgan fingerprint density at radius 1 is 1.43 bits per heavy atom. The lowest BCUT2D eigenvalue weighted by molar-refractivity contribution is -0.142. The van der Waals surface area contributed by atoms with E-state index in [0.717, 1.165) is 5.56 Å². The molecule has 74 valence electrons. The number of esters is 1. The number of benzene rings is 1. The predicted molar refractivity (Wildman–Crippen MR) is 51.1 cm³/mol. The number of rotatable bonds is 2. The van der Waals surface area contributed by atoms with Crippen molar-refractivity contribution in [2.45, 2.75) is 12.2 Å². The van der Waals surface area contributed by atoms with Crippen molar-refractivity contribution in [3.63, 3.8) is 0 Å². The molecule has 1 saturated heterocycles. The first-order valence-electron chi connectivity index (χ1n) is 4.21. The van der Waals surface area contributed by atoms with Gasteiger partial charge in [0, 0.05) is 5.02 Å². The molecule has 1 aromatic carbocycles. The highest BCUT2D eigenvalue weighted by Crippen LogP contribution is 2.39. The highest BCUT2D eigenvalue weighted by Gasteiger charge is 2.47. The van der Waals surface area contributed by atoms with Crippen LogP contribution in [-0.4, -0.2) is 19.2 Å². The molecule has 0 amide bonds. The molecule has 2 rings (SSSR count). The molecule has 0 spiro atoms. The van der Waals surface area contributed by atoms with Crippen LogP contribution in [0.1, 0.15) is 11.7 Å². The van der Waals surface area contributed by atoms with E-state index in [1.807, 2.05) is 12.1 Å². The van der Waals surface area contributed by atoms with Crippen molar-refractivity contribution < 1.29 is 14.3 Å². The fourth-order valence-corrected chi connectivity index (χ4v) is 1.44. The van der Waals surface area contributed by atoms with Crippen molar-refractivity contribution in [3.05, 3.63) is 34.9 Å². The highest BCUT2D eigenvalue weighted by molar-refractivity contribution is 6.30. The third kappa shape index (κ3) is 1.74. The van der Waals surface area contributed by atoms with Gasteiger partial charge in [-0.25, -0.2) is 4.79 Å². The molecule has 3 nitrogen and oxygen atoms in total. The Morgan fingerprint density at radius 3 is 2.64 bits per heavy atom. The van der Waals surface area contributed by atoms with Crippen molar-refractivity contribution >= 4 is 17.6 Å². The van der Waals surface area contributed by atoms with Gasteiger partial charge in [0.1, 0.15) is 6.10 Å². The number of ether oxygens (including phenoxy) is 2. The smallest absolute Gasteiger partial charge is 0.338 e. The Morgan fingerprint density at radius 2 is 2.07 bits per heavy atom. The maximum absolute atomic E-state index is 11.1. The molecule has 0 radical (unpaired) electrons. The summed E-state index contributed by atoms with van der Waals surface area (Å²) in [6.45, 7) is 0. The molecule has 0 saturated carbocycles. The van der Waals surface area contributed by atoms with E-state index in [9.17, 15) is 4.79 Å². The summed E-state index contributed by atoms with van der Waals surface area (Å²) < 4.78 is 9.74. The number of halogens is 1. The second-order valence-electron chi connectivity index (χ2n) is 3.05. The lowest BCUT2D eigenvalue weighted by atomic mass is 10.1. The number of epoxide rings is 1. The summed E-state index contributed by atoms with van der Waals surface area (Å²) in [6, 6.07) is 7.23. The Hall–Kier alpha value is -1.06. The maximum Gasteiger partial charge on any atom is 0.338 e. The average molecular weight is 213 g/mol. The molecule has 14 heavy (non-hydrogen) atoms. The first-order valence-corrected chi connectivity index (χ1v) is 4.59. The van der Waals surface area contributed by atoms with Crippen LogP contribution in [0.15, 0.2) is 24.3 Å². The van der Waals surface area contributed by atoms with Crippen LogP contribution in [0.5, 0.6) is 0 Å². The fourth-order valence-electron chi connectivity index (χ4n) is 1.31. The van der Waals surface area contributed by atoms with Crippen LogP contribution in [0.3, 0.4) is 0 Å². The van der Waals surface area contributed by atoms with E-state index >= 15 is 0 Å². The SMILES string of the molecule is COC(=O)C1OC1c1ccc(Cl)cc1. The molecular formula is C10H9ClO3. The van der Waals surface area contributed by atoms with E-state index in [2.05, 4.69) is 4.74 Å². The van der Waals surface area contributed by atoms with Crippen LogP contribution >= 0.6 is 11.6 Å². The largest absolute Gasteiger partial charge is 0.467 e. The van der Waals surface area contributed by atoms with Gasteiger partial charge in [-0.1, -0.05) is 23.7 Å². The molecule has 0 aliphatic carbocycles. The van der Waals surface area contributed by atoms with Gasteiger partial charge in [0.05, 0.1) is 7.11 Å². The summed E-state index contributed by atoms with van der Waals surface area (Å²) in [6.07, 6.45) is -0.610. The molecule has 1 aliphatic rings. The Labute approximate surface area is 86.6 Å². The summed E-state index contributed by atoms with van der Waals surface area (Å²) in [5.41, 5.74) is 0.949. The third-order valence-electron chi connectivity index (χ3n) is 2.12. The zero-order valence-corrected chi connectivity index (χ0v) is 8.32. The van der Waals surface area contributed by atoms with Crippen molar-refractivity contribution in [2.24, 2.45) is 0 Å². The quantitative estimate of drug-likeness (QED) is 0.556. The van der Waals surface area contributed by atoms with E-state index in [1.165, 1.54) is 7.11 Å². The Kier molecular flexibility index (Phi) is 2.44. The molecule has 2 unspecified atom stereocenters. The lowest BCUT2D eigenvalue weighted by Gasteiger charge is -1.95. The van der Waals surface area contributed by atoms with Crippen LogP contribution in [0.4, 0.5) is 0 Å². The molecule has 0 aromatic heterocycles. The van der Waals surface area contributed by atoms with Crippen molar-refractivity contribution in [1.82, 2.24) is 0 Å². The van der Waals surface area contributed by atoms with Crippen molar-refractivity contribution in [3.8, 4) is 0 Å². The summed E-state index contributed by atoms with van der Waals surface area (Å²) in [7, 11) is 1.35. The molecule has 0 N–H and O–H groups in total. The highest BCUT2D eigenvalue weighted by atomic mass is 35.5. The molecule has 1 heterocycles. The Bertz CT molecular complexity index is 347. The third-order valence-corrected chi connectivity index (χ3v) is 2.38. The normalized spacial score (nSPS) is 24.4. The van der Waals surface area contributed by atoms with Gasteiger partial charge < -0.3 is 9.47 Å². The van der Waals surface area contributed by atoms with Gasteiger partial charge in [-0.3, -0.25) is 0 Å². The van der Waals surface area contributed by atoms with Gasteiger partial charge in [0.15, 0.2) is 6.10 Å². The second-order valence-corrected chi connectivity index (χ2v) is 3.49. The van der Waals surface area contributed by atoms with Crippen molar-refractivity contribution in [1.29, 1.82) is 0 Å². The van der Waals surface area contributed by atoms with Gasteiger partial charge in [-0.15, -0.1) is 0 Å². The minimum atomic E-state index is -0.443. The molecule has 4 heteroatoms. The standard InChI is InChI=1S/C10H9ClO3/c1-13-10(12)9-8(14-9)6-2-4-7(11)5-3-6/h2-5,8-9H,1H3. The van der Waals surface area contributed by atoms with Crippen LogP contribution < -0.4 is 0 Å². The number of hydrogen-bond acceptors (Lipinski definition) is 3. The summed E-state index contributed by atoms with van der Waals surface area (Å²) >= 11 is 5.73. The molecule has 0 bridgehead atoms. The van der Waals surface area contributed by atoms with Gasteiger partial charge in [-0.05, 0) is 17.7 Å². The first kappa shape index (κ1) is 9.49. The lowest BCUT2D eigenvalue weighted by Crippen LogP contribution is -2.09. The first-order chi connectivity index (χ1) is 6.72. The van der Waals surface area contributed by atoms with E-state index in [-0.39, 0.29) is 12.1 Å². The average Bonchev–Trinajstić information content (AvgIpc) is 2.98. The predicted octanol–water partition coefficient (Wildman–Crippen LogP) is 1.95. The maximum atomic E-state index is 11.1. The molecular weight excluding hydrogens is 204 g/mol. The van der Waals surface area contributed by atoms with Gasteiger partial charge in [-0.2, -0.15) is 0 Å².